The van der Waals surface area contributed by atoms with Crippen LogP contribution >= 0.6 is 0 Å². The summed E-state index contributed by atoms with van der Waals surface area (Å²) in [7, 11) is 1.39. The Hall–Kier alpha value is -1.78. The number of methoxy groups -OCH3 is 1. The molecule has 1 aromatic heterocycles. The van der Waals surface area contributed by atoms with Crippen molar-refractivity contribution < 1.29 is 14.3 Å². The standard InChI is InChI=1S/C15H22N2O3/c1-4-7-16-8-5-6-13(16)14(18)17-9-11(2)12(10-17)15(19)20-3/h5-6,8,11-12H,4,7,9-10H2,1-3H3. The molecule has 0 bridgehead atoms. The predicted octanol–water partition coefficient (Wildman–Crippen LogP) is 1.78. The van der Waals surface area contributed by atoms with Crippen LogP contribution in [0.25, 0.3) is 0 Å². The van der Waals surface area contributed by atoms with Gasteiger partial charge in [0.05, 0.1) is 13.0 Å². The maximum Gasteiger partial charge on any atom is 0.310 e. The predicted molar refractivity (Wildman–Crippen MR) is 75.3 cm³/mol. The number of ether oxygens (including phenoxy) is 1. The summed E-state index contributed by atoms with van der Waals surface area (Å²) in [5, 5.41) is 0. The summed E-state index contributed by atoms with van der Waals surface area (Å²) in [4.78, 5) is 26.0. The quantitative estimate of drug-likeness (QED) is 0.789. The van der Waals surface area contributed by atoms with Gasteiger partial charge < -0.3 is 14.2 Å². The third-order valence-corrected chi connectivity index (χ3v) is 3.92. The van der Waals surface area contributed by atoms with E-state index in [1.807, 2.05) is 29.8 Å². The average Bonchev–Trinajstić information content (AvgIpc) is 3.04. The van der Waals surface area contributed by atoms with Crippen molar-refractivity contribution in [2.75, 3.05) is 20.2 Å². The number of likely N-dealkylation sites (tertiary alicyclic amines) is 1. The van der Waals surface area contributed by atoms with Gasteiger partial charge in [-0.15, -0.1) is 0 Å². The van der Waals surface area contributed by atoms with Gasteiger partial charge in [0.2, 0.25) is 0 Å². The summed E-state index contributed by atoms with van der Waals surface area (Å²) in [5.74, 6) is -0.294. The molecule has 5 heteroatoms. The van der Waals surface area contributed by atoms with Crippen molar-refractivity contribution in [3.05, 3.63) is 24.0 Å². The number of carbonyl (C=O) groups excluding carboxylic acids is 2. The molecule has 2 atom stereocenters. The van der Waals surface area contributed by atoms with Crippen LogP contribution in [0.5, 0.6) is 0 Å². The van der Waals surface area contributed by atoms with E-state index in [0.29, 0.717) is 18.8 Å². The zero-order chi connectivity index (χ0) is 14.7. The van der Waals surface area contributed by atoms with Gasteiger partial charge in [-0.25, -0.2) is 0 Å². The average molecular weight is 278 g/mol. The molecule has 1 amide bonds. The highest BCUT2D eigenvalue weighted by Gasteiger charge is 2.38. The van der Waals surface area contributed by atoms with Crippen molar-refractivity contribution in [1.82, 2.24) is 9.47 Å². The van der Waals surface area contributed by atoms with Gasteiger partial charge in [-0.1, -0.05) is 13.8 Å². The van der Waals surface area contributed by atoms with Crippen molar-refractivity contribution in [3.8, 4) is 0 Å². The van der Waals surface area contributed by atoms with Crippen molar-refractivity contribution >= 4 is 11.9 Å². The Bertz CT molecular complexity index is 495. The van der Waals surface area contributed by atoms with E-state index >= 15 is 0 Å². The highest BCUT2D eigenvalue weighted by molar-refractivity contribution is 5.93. The molecule has 0 saturated carbocycles. The summed E-state index contributed by atoms with van der Waals surface area (Å²) < 4.78 is 6.77. The van der Waals surface area contributed by atoms with Gasteiger partial charge in [-0.05, 0) is 24.5 Å². The second-order valence-corrected chi connectivity index (χ2v) is 5.40. The Morgan fingerprint density at radius 2 is 2.15 bits per heavy atom. The largest absolute Gasteiger partial charge is 0.469 e. The lowest BCUT2D eigenvalue weighted by molar-refractivity contribution is -0.146. The molecule has 1 saturated heterocycles. The van der Waals surface area contributed by atoms with E-state index < -0.39 is 0 Å². The van der Waals surface area contributed by atoms with Crippen LogP contribution in [-0.4, -0.2) is 41.5 Å². The van der Waals surface area contributed by atoms with E-state index in [9.17, 15) is 9.59 Å². The summed E-state index contributed by atoms with van der Waals surface area (Å²) in [6, 6.07) is 3.73. The van der Waals surface area contributed by atoms with E-state index in [-0.39, 0.29) is 23.7 Å². The number of hydrogen-bond acceptors (Lipinski definition) is 3. The van der Waals surface area contributed by atoms with Gasteiger partial charge >= 0.3 is 5.97 Å². The van der Waals surface area contributed by atoms with Gasteiger partial charge in [0.25, 0.3) is 5.91 Å². The summed E-state index contributed by atoms with van der Waals surface area (Å²) in [6.07, 6.45) is 2.91. The Morgan fingerprint density at radius 1 is 1.40 bits per heavy atom. The molecular weight excluding hydrogens is 256 g/mol. The number of aryl methyl sites for hydroxylation is 1. The number of hydrogen-bond donors (Lipinski definition) is 0. The number of rotatable bonds is 4. The summed E-state index contributed by atoms with van der Waals surface area (Å²) in [5.41, 5.74) is 0.699. The van der Waals surface area contributed by atoms with Gasteiger partial charge in [-0.2, -0.15) is 0 Å². The molecular formula is C15H22N2O3. The zero-order valence-electron chi connectivity index (χ0n) is 12.3. The number of esters is 1. The molecule has 5 nitrogen and oxygen atoms in total. The highest BCUT2D eigenvalue weighted by Crippen LogP contribution is 2.25. The second kappa shape index (κ2) is 6.11. The van der Waals surface area contributed by atoms with E-state index in [2.05, 4.69) is 6.92 Å². The van der Waals surface area contributed by atoms with Crippen molar-refractivity contribution in [2.24, 2.45) is 11.8 Å². The zero-order valence-corrected chi connectivity index (χ0v) is 12.3. The fourth-order valence-corrected chi connectivity index (χ4v) is 2.80. The van der Waals surface area contributed by atoms with Gasteiger partial charge in [0, 0.05) is 25.8 Å². The Labute approximate surface area is 119 Å². The topological polar surface area (TPSA) is 51.5 Å². The van der Waals surface area contributed by atoms with E-state index in [0.717, 1.165) is 13.0 Å². The maximum absolute atomic E-state index is 12.6. The Morgan fingerprint density at radius 3 is 2.80 bits per heavy atom. The van der Waals surface area contributed by atoms with Crippen LogP contribution in [-0.2, 0) is 16.1 Å². The van der Waals surface area contributed by atoms with Crippen molar-refractivity contribution in [2.45, 2.75) is 26.8 Å². The molecule has 2 unspecified atom stereocenters. The number of carbonyl (C=O) groups is 2. The van der Waals surface area contributed by atoms with Crippen LogP contribution in [0.15, 0.2) is 18.3 Å². The molecule has 20 heavy (non-hydrogen) atoms. The van der Waals surface area contributed by atoms with E-state index in [1.165, 1.54) is 7.11 Å². The molecule has 2 heterocycles. The normalized spacial score (nSPS) is 22.1. The van der Waals surface area contributed by atoms with Crippen LogP contribution in [0, 0.1) is 11.8 Å². The first kappa shape index (κ1) is 14.6. The molecule has 0 aromatic carbocycles. The molecule has 1 fully saturated rings. The van der Waals surface area contributed by atoms with Crippen molar-refractivity contribution in [3.63, 3.8) is 0 Å². The first-order valence-electron chi connectivity index (χ1n) is 7.10. The van der Waals surface area contributed by atoms with Crippen LogP contribution in [0.3, 0.4) is 0 Å². The lowest BCUT2D eigenvalue weighted by atomic mass is 9.99. The van der Waals surface area contributed by atoms with Crippen LogP contribution in [0.4, 0.5) is 0 Å². The molecule has 0 aliphatic carbocycles. The number of nitrogens with zero attached hydrogens (tertiary/aromatic N) is 2. The molecule has 1 aliphatic rings. The molecule has 2 rings (SSSR count). The monoisotopic (exact) mass is 278 g/mol. The summed E-state index contributed by atoms with van der Waals surface area (Å²) >= 11 is 0. The second-order valence-electron chi connectivity index (χ2n) is 5.40. The van der Waals surface area contributed by atoms with E-state index in [1.54, 1.807) is 4.90 Å². The summed E-state index contributed by atoms with van der Waals surface area (Å²) in [6.45, 7) is 5.96. The molecule has 0 spiro atoms. The fourth-order valence-electron chi connectivity index (χ4n) is 2.80. The van der Waals surface area contributed by atoms with Crippen LogP contribution in [0.2, 0.25) is 0 Å². The first-order valence-corrected chi connectivity index (χ1v) is 7.10. The van der Waals surface area contributed by atoms with Crippen LogP contribution < -0.4 is 0 Å². The molecule has 110 valence electrons. The smallest absolute Gasteiger partial charge is 0.310 e. The SMILES string of the molecule is CCCn1cccc1C(=O)N1CC(C)C(C(=O)OC)C1. The molecule has 0 N–H and O–H groups in total. The lowest BCUT2D eigenvalue weighted by Crippen LogP contribution is -2.31. The van der Waals surface area contributed by atoms with Gasteiger partial charge in [0.15, 0.2) is 0 Å². The maximum atomic E-state index is 12.6. The fraction of sp³-hybridized carbons (Fsp3) is 0.600. The van der Waals surface area contributed by atoms with Gasteiger partial charge in [-0.3, -0.25) is 9.59 Å². The molecule has 0 radical (unpaired) electrons. The minimum Gasteiger partial charge on any atom is -0.469 e. The first-order chi connectivity index (χ1) is 9.58. The number of aromatic nitrogens is 1. The van der Waals surface area contributed by atoms with Crippen LogP contribution in [0.1, 0.15) is 30.8 Å². The van der Waals surface area contributed by atoms with Gasteiger partial charge in [0.1, 0.15) is 5.69 Å². The molecule has 1 aliphatic heterocycles. The van der Waals surface area contributed by atoms with Crippen molar-refractivity contribution in [1.29, 1.82) is 0 Å². The highest BCUT2D eigenvalue weighted by atomic mass is 16.5. The Kier molecular flexibility index (Phi) is 4.47. The van der Waals surface area contributed by atoms with E-state index in [4.69, 9.17) is 4.74 Å². The Balaban J connectivity index is 2.11. The number of amides is 1. The molecule has 1 aromatic rings. The minimum atomic E-state index is -0.225. The lowest BCUT2D eigenvalue weighted by Gasteiger charge is -2.17. The third kappa shape index (κ3) is 2.71. The minimum absolute atomic E-state index is 0.00158. The third-order valence-electron chi connectivity index (χ3n) is 3.92.